The van der Waals surface area contributed by atoms with Gasteiger partial charge in [-0.1, -0.05) is 24.3 Å². The van der Waals surface area contributed by atoms with Gasteiger partial charge < -0.3 is 0 Å². The van der Waals surface area contributed by atoms with Gasteiger partial charge in [0.2, 0.25) is 0 Å². The van der Waals surface area contributed by atoms with Gasteiger partial charge in [-0.25, -0.2) is 8.89 Å². The lowest BCUT2D eigenvalue weighted by Crippen LogP contribution is -2.17. The number of carbonyl (C=O) groups is 1. The van der Waals surface area contributed by atoms with E-state index < -0.39 is 11.0 Å². The van der Waals surface area contributed by atoms with Gasteiger partial charge in [0, 0.05) is 12.3 Å². The van der Waals surface area contributed by atoms with Gasteiger partial charge in [0.05, 0.1) is 6.20 Å². The third-order valence-corrected chi connectivity index (χ3v) is 5.06. The van der Waals surface area contributed by atoms with Crippen molar-refractivity contribution in [2.75, 3.05) is 0 Å². The quantitative estimate of drug-likeness (QED) is 0.910. The number of nitrogens with one attached hydrogen (secondary N) is 1. The highest BCUT2D eigenvalue weighted by Gasteiger charge is 2.26. The van der Waals surface area contributed by atoms with Crippen LogP contribution in [0.15, 0.2) is 42.7 Å². The molecule has 0 fully saturated rings. The summed E-state index contributed by atoms with van der Waals surface area (Å²) in [5.74, 6) is 0.0592. The molecule has 4 rings (SSSR count). The molecule has 0 spiro atoms. The van der Waals surface area contributed by atoms with Crippen LogP contribution >= 0.6 is 0 Å². The Morgan fingerprint density at radius 1 is 1.24 bits per heavy atom. The van der Waals surface area contributed by atoms with Gasteiger partial charge >= 0.3 is 0 Å². The first-order valence-corrected chi connectivity index (χ1v) is 7.91. The minimum absolute atomic E-state index is 0.339. The number of benzene rings is 1. The molecule has 2 aromatic rings. The number of rotatable bonds is 2. The molecule has 5 nitrogen and oxygen atoms in total. The van der Waals surface area contributed by atoms with Crippen molar-refractivity contribution in [1.29, 1.82) is 0 Å². The maximum absolute atomic E-state index is 11.7. The normalized spacial score (nSPS) is 21.2. The summed E-state index contributed by atoms with van der Waals surface area (Å²) in [5, 5.41) is 4.64. The van der Waals surface area contributed by atoms with Crippen molar-refractivity contribution in [3.05, 3.63) is 59.4 Å². The molecule has 1 aliphatic carbocycles. The minimum Gasteiger partial charge on any atom is -0.269 e. The van der Waals surface area contributed by atoms with Gasteiger partial charge in [0.25, 0.3) is 5.91 Å². The zero-order chi connectivity index (χ0) is 14.4. The molecule has 1 amide bonds. The summed E-state index contributed by atoms with van der Waals surface area (Å²) < 4.78 is 15.6. The average Bonchev–Trinajstić information content (AvgIpc) is 3.15. The zero-order valence-electron chi connectivity index (χ0n) is 11.2. The summed E-state index contributed by atoms with van der Waals surface area (Å²) in [5.41, 5.74) is 3.88. The predicted molar refractivity (Wildman–Crippen MR) is 79.4 cm³/mol. The van der Waals surface area contributed by atoms with Crippen molar-refractivity contribution in [1.82, 2.24) is 14.5 Å². The van der Waals surface area contributed by atoms with Crippen molar-refractivity contribution in [2.24, 2.45) is 0 Å². The van der Waals surface area contributed by atoms with Crippen molar-refractivity contribution >= 4 is 21.9 Å². The molecule has 1 aromatic carbocycles. The van der Waals surface area contributed by atoms with Crippen LogP contribution in [-0.4, -0.2) is 19.9 Å². The Labute approximate surface area is 124 Å². The Morgan fingerprint density at radius 2 is 1.95 bits per heavy atom. The van der Waals surface area contributed by atoms with E-state index >= 15 is 0 Å². The van der Waals surface area contributed by atoms with Crippen LogP contribution in [-0.2, 0) is 28.6 Å². The maximum Gasteiger partial charge on any atom is 0.258 e. The molecule has 2 aliphatic rings. The van der Waals surface area contributed by atoms with Gasteiger partial charge in [0.1, 0.15) is 0 Å². The van der Waals surface area contributed by atoms with Gasteiger partial charge in [-0.15, -0.1) is 0 Å². The maximum atomic E-state index is 11.7. The van der Waals surface area contributed by atoms with Crippen LogP contribution < -0.4 is 4.72 Å². The lowest BCUT2D eigenvalue weighted by atomic mass is 10.00. The number of nitrogens with zero attached hydrogens (tertiary/aromatic N) is 2. The van der Waals surface area contributed by atoms with E-state index in [1.807, 2.05) is 6.20 Å². The number of fused-ring (bicyclic) bond motifs is 1. The molecular weight excluding hydrogens is 286 g/mol. The Kier molecular flexibility index (Phi) is 2.78. The number of amides is 1. The fourth-order valence-electron chi connectivity index (χ4n) is 2.95. The number of hydrogen-bond acceptors (Lipinski definition) is 3. The standard InChI is InChI=1S/C15H13N3O2S/c19-14-7-15(21(20)17-14)18-9-13(8-16-18)12-5-10-3-1-2-4-11(10)6-12/h1-4,7-9,12H,5-6H2,(H,17,19). The highest BCUT2D eigenvalue weighted by Crippen LogP contribution is 2.33. The number of hydrogen-bond donors (Lipinski definition) is 1. The lowest BCUT2D eigenvalue weighted by molar-refractivity contribution is -0.114. The third-order valence-electron chi connectivity index (χ3n) is 3.99. The molecule has 2 heterocycles. The minimum atomic E-state index is -1.51. The highest BCUT2D eigenvalue weighted by molar-refractivity contribution is 7.93. The SMILES string of the molecule is O=C1C=C(n2cc(C3Cc4ccccc4C3)cn2)S(=O)N1. The average molecular weight is 299 g/mol. The molecular formula is C15H13N3O2S. The van der Waals surface area contributed by atoms with E-state index in [4.69, 9.17) is 0 Å². The van der Waals surface area contributed by atoms with Crippen LogP contribution in [0, 0.1) is 0 Å². The van der Waals surface area contributed by atoms with E-state index in [2.05, 4.69) is 34.1 Å². The van der Waals surface area contributed by atoms with E-state index in [0.717, 1.165) is 18.4 Å². The second-order valence-corrected chi connectivity index (χ2v) is 6.47. The molecule has 21 heavy (non-hydrogen) atoms. The molecule has 106 valence electrons. The van der Waals surface area contributed by atoms with E-state index in [9.17, 15) is 9.00 Å². The van der Waals surface area contributed by atoms with Crippen LogP contribution in [0.5, 0.6) is 0 Å². The molecule has 1 aromatic heterocycles. The van der Waals surface area contributed by atoms with E-state index in [1.165, 1.54) is 21.9 Å². The molecule has 1 N–H and O–H groups in total. The van der Waals surface area contributed by atoms with Crippen molar-refractivity contribution in [2.45, 2.75) is 18.8 Å². The van der Waals surface area contributed by atoms with Gasteiger partial charge in [0.15, 0.2) is 16.0 Å². The second-order valence-electron chi connectivity index (χ2n) is 5.31. The molecule has 0 bridgehead atoms. The molecule has 0 saturated heterocycles. The monoisotopic (exact) mass is 299 g/mol. The van der Waals surface area contributed by atoms with E-state index in [0.29, 0.717) is 10.9 Å². The largest absolute Gasteiger partial charge is 0.269 e. The van der Waals surface area contributed by atoms with Crippen molar-refractivity contribution in [3.8, 4) is 0 Å². The van der Waals surface area contributed by atoms with Gasteiger partial charge in [-0.3, -0.25) is 9.52 Å². The van der Waals surface area contributed by atoms with E-state index in [-0.39, 0.29) is 5.91 Å². The summed E-state index contributed by atoms with van der Waals surface area (Å²) in [7, 11) is -1.51. The zero-order valence-corrected chi connectivity index (χ0v) is 12.0. The van der Waals surface area contributed by atoms with Crippen molar-refractivity contribution < 1.29 is 9.00 Å². The first-order chi connectivity index (χ1) is 10.2. The van der Waals surface area contributed by atoms with E-state index in [1.54, 1.807) is 6.20 Å². The fourth-order valence-corrected chi connectivity index (χ4v) is 3.78. The molecule has 0 radical (unpaired) electrons. The Balaban J connectivity index is 1.61. The molecule has 1 unspecified atom stereocenters. The lowest BCUT2D eigenvalue weighted by Gasteiger charge is -2.04. The summed E-state index contributed by atoms with van der Waals surface area (Å²) in [6.07, 6.45) is 7.01. The second kappa shape index (κ2) is 4.66. The van der Waals surface area contributed by atoms with Crippen LogP contribution in [0.2, 0.25) is 0 Å². The first-order valence-electron chi connectivity index (χ1n) is 6.76. The van der Waals surface area contributed by atoms with Gasteiger partial charge in [-0.2, -0.15) is 5.10 Å². The molecule has 0 saturated carbocycles. The highest BCUT2D eigenvalue weighted by atomic mass is 32.2. The predicted octanol–water partition coefficient (Wildman–Crippen LogP) is 1.36. The topological polar surface area (TPSA) is 64.0 Å². The molecule has 6 heteroatoms. The Bertz CT molecular complexity index is 769. The first kappa shape index (κ1) is 12.5. The fraction of sp³-hybridized carbons (Fsp3) is 0.200. The van der Waals surface area contributed by atoms with Gasteiger partial charge in [-0.05, 0) is 35.4 Å². The van der Waals surface area contributed by atoms with Crippen LogP contribution in [0.4, 0.5) is 0 Å². The number of carbonyl (C=O) groups excluding carboxylic acids is 1. The molecule has 1 aliphatic heterocycles. The molecule has 1 atom stereocenters. The Morgan fingerprint density at radius 3 is 2.57 bits per heavy atom. The van der Waals surface area contributed by atoms with Crippen LogP contribution in [0.3, 0.4) is 0 Å². The van der Waals surface area contributed by atoms with Crippen LogP contribution in [0.25, 0.3) is 5.03 Å². The Hall–Kier alpha value is -2.21. The summed E-state index contributed by atoms with van der Waals surface area (Å²) in [4.78, 5) is 11.2. The third kappa shape index (κ3) is 2.12. The number of aromatic nitrogens is 2. The van der Waals surface area contributed by atoms with Crippen molar-refractivity contribution in [3.63, 3.8) is 0 Å². The summed E-state index contributed by atoms with van der Waals surface area (Å²) >= 11 is 0. The summed E-state index contributed by atoms with van der Waals surface area (Å²) in [6, 6.07) is 8.45. The summed E-state index contributed by atoms with van der Waals surface area (Å²) in [6.45, 7) is 0. The smallest absolute Gasteiger partial charge is 0.258 e. The van der Waals surface area contributed by atoms with Crippen LogP contribution in [0.1, 0.15) is 22.6 Å².